The Morgan fingerprint density at radius 2 is 1.62 bits per heavy atom. The predicted octanol–water partition coefficient (Wildman–Crippen LogP) is 3.79. The van der Waals surface area contributed by atoms with Gasteiger partial charge in [-0.05, 0) is 37.2 Å². The molecule has 0 aromatic heterocycles. The van der Waals surface area contributed by atoms with E-state index in [1.165, 1.54) is 12.1 Å². The Morgan fingerprint density at radius 1 is 1.12 bits per heavy atom. The first-order valence-electron chi connectivity index (χ1n) is 8.19. The molecule has 1 aromatic carbocycles. The lowest BCUT2D eigenvalue weighted by Gasteiger charge is -2.30. The molecule has 0 saturated heterocycles. The zero-order valence-electron chi connectivity index (χ0n) is 15.2. The smallest absolute Gasteiger partial charge is 0.353 e. The molecule has 0 bridgehead atoms. The summed E-state index contributed by atoms with van der Waals surface area (Å²) in [5.74, 6) is -0.249. The number of benzene rings is 1. The molecule has 26 heavy (non-hydrogen) atoms. The monoisotopic (exact) mass is 417 g/mol. The second kappa shape index (κ2) is 12.4. The van der Waals surface area contributed by atoms with E-state index in [1.54, 1.807) is 0 Å². The van der Waals surface area contributed by atoms with Crippen LogP contribution in [0.25, 0.3) is 0 Å². The number of hydrogen-bond donors (Lipinski definition) is 2. The maximum atomic E-state index is 12.7. The van der Waals surface area contributed by atoms with Gasteiger partial charge in [0.1, 0.15) is 0 Å². The minimum Gasteiger partial charge on any atom is -0.353 e. The molecule has 2 atom stereocenters. The van der Waals surface area contributed by atoms with Crippen LogP contribution in [0.2, 0.25) is 0 Å². The number of carbonyl (C=O) groups is 1. The van der Waals surface area contributed by atoms with Gasteiger partial charge >= 0.3 is 6.18 Å². The lowest BCUT2D eigenvalue weighted by Crippen LogP contribution is -2.44. The zero-order chi connectivity index (χ0) is 18.3. The predicted molar refractivity (Wildman–Crippen MR) is 103 cm³/mol. The Balaban J connectivity index is 0. The average molecular weight is 418 g/mol. The molecule has 9 heteroatoms. The highest BCUT2D eigenvalue weighted by Gasteiger charge is 2.30. The fraction of sp³-hybridized carbons (Fsp3) is 0.588. The van der Waals surface area contributed by atoms with Crippen molar-refractivity contribution in [1.82, 2.24) is 10.2 Å². The molecule has 0 heterocycles. The fourth-order valence-electron chi connectivity index (χ4n) is 2.53. The lowest BCUT2D eigenvalue weighted by molar-refractivity contribution is -0.137. The quantitative estimate of drug-likeness (QED) is 0.676. The lowest BCUT2D eigenvalue weighted by atomic mass is 10.0. The van der Waals surface area contributed by atoms with Gasteiger partial charge in [-0.3, -0.25) is 9.69 Å². The van der Waals surface area contributed by atoms with Crippen molar-refractivity contribution >= 4 is 30.7 Å². The van der Waals surface area contributed by atoms with Crippen molar-refractivity contribution in [2.45, 2.75) is 45.5 Å². The minimum atomic E-state index is -4.36. The number of rotatable bonds is 8. The van der Waals surface area contributed by atoms with E-state index in [0.29, 0.717) is 13.0 Å². The highest BCUT2D eigenvalue weighted by atomic mass is 35.5. The zero-order valence-corrected chi connectivity index (χ0v) is 16.8. The van der Waals surface area contributed by atoms with Crippen LogP contribution in [-0.2, 0) is 11.0 Å². The van der Waals surface area contributed by atoms with Gasteiger partial charge in [0.2, 0.25) is 5.91 Å². The van der Waals surface area contributed by atoms with Gasteiger partial charge in [-0.15, -0.1) is 24.8 Å². The molecular weight excluding hydrogens is 390 g/mol. The summed E-state index contributed by atoms with van der Waals surface area (Å²) in [6.45, 7) is 7.51. The van der Waals surface area contributed by atoms with Crippen LogP contribution in [0, 0.1) is 0 Å². The number of likely N-dealkylation sites (N-methyl/N-ethyl adjacent to an activating group) is 1. The summed E-state index contributed by atoms with van der Waals surface area (Å²) >= 11 is 0. The molecule has 0 saturated carbocycles. The number of amides is 1. The first-order valence-corrected chi connectivity index (χ1v) is 8.19. The van der Waals surface area contributed by atoms with Crippen LogP contribution >= 0.6 is 24.8 Å². The van der Waals surface area contributed by atoms with Crippen LogP contribution in [0.5, 0.6) is 0 Å². The SMILES string of the molecule is CC[C@H](N)C(=O)NCC(c1ccc(C(F)(F)F)cc1)N(CC)CC.Cl.Cl. The standard InChI is InChI=1S/C17H26F3N3O.2ClH/c1-4-14(21)16(24)22-11-15(23(5-2)6-3)12-7-9-13(10-8-12)17(18,19)20;;/h7-10,14-15H,4-6,11,21H2,1-3H3,(H,22,24);2*1H/t14-,15?;;/m0../s1. The summed E-state index contributed by atoms with van der Waals surface area (Å²) in [5, 5.41) is 2.80. The number of halogens is 5. The van der Waals surface area contributed by atoms with Crippen molar-refractivity contribution in [3.8, 4) is 0 Å². The summed E-state index contributed by atoms with van der Waals surface area (Å²) in [4.78, 5) is 14.0. The van der Waals surface area contributed by atoms with Gasteiger partial charge in [0, 0.05) is 6.54 Å². The van der Waals surface area contributed by atoms with Gasteiger partial charge in [-0.1, -0.05) is 32.9 Å². The molecule has 3 N–H and O–H groups in total. The molecule has 1 amide bonds. The number of hydrogen-bond acceptors (Lipinski definition) is 3. The van der Waals surface area contributed by atoms with Gasteiger partial charge in [0.05, 0.1) is 17.6 Å². The Hall–Kier alpha value is -1.02. The molecule has 0 fully saturated rings. The molecule has 1 unspecified atom stereocenters. The molecule has 0 spiro atoms. The Bertz CT molecular complexity index is 523. The molecule has 0 radical (unpaired) electrons. The third-order valence-electron chi connectivity index (χ3n) is 4.12. The van der Waals surface area contributed by atoms with Crippen LogP contribution in [-0.4, -0.2) is 36.5 Å². The number of nitrogens with two attached hydrogens (primary N) is 1. The summed E-state index contributed by atoms with van der Waals surface area (Å²) in [6.07, 6.45) is -3.83. The van der Waals surface area contributed by atoms with E-state index in [2.05, 4.69) is 10.2 Å². The van der Waals surface area contributed by atoms with E-state index in [4.69, 9.17) is 5.73 Å². The van der Waals surface area contributed by atoms with Crippen LogP contribution < -0.4 is 11.1 Å². The van der Waals surface area contributed by atoms with Crippen molar-refractivity contribution in [2.75, 3.05) is 19.6 Å². The second-order valence-corrected chi connectivity index (χ2v) is 5.62. The second-order valence-electron chi connectivity index (χ2n) is 5.62. The highest BCUT2D eigenvalue weighted by Crippen LogP contribution is 2.30. The van der Waals surface area contributed by atoms with Gasteiger partial charge in [-0.25, -0.2) is 0 Å². The molecule has 152 valence electrons. The maximum Gasteiger partial charge on any atom is 0.416 e. The molecule has 1 aromatic rings. The van der Waals surface area contributed by atoms with E-state index < -0.39 is 17.8 Å². The van der Waals surface area contributed by atoms with Gasteiger partial charge in [0.25, 0.3) is 0 Å². The third kappa shape index (κ3) is 7.70. The van der Waals surface area contributed by atoms with Gasteiger partial charge in [-0.2, -0.15) is 13.2 Å². The van der Waals surface area contributed by atoms with Crippen LogP contribution in [0.1, 0.15) is 44.4 Å². The molecule has 0 aliphatic rings. The summed E-state index contributed by atoms with van der Waals surface area (Å²) in [6, 6.07) is 4.32. The largest absolute Gasteiger partial charge is 0.416 e. The summed E-state index contributed by atoms with van der Waals surface area (Å²) in [7, 11) is 0. The topological polar surface area (TPSA) is 58.4 Å². The highest BCUT2D eigenvalue weighted by molar-refractivity contribution is 5.85. The molecule has 1 rings (SSSR count). The Morgan fingerprint density at radius 3 is 2.00 bits per heavy atom. The van der Waals surface area contributed by atoms with E-state index >= 15 is 0 Å². The van der Waals surface area contributed by atoms with E-state index in [-0.39, 0.29) is 36.8 Å². The van der Waals surface area contributed by atoms with Crippen molar-refractivity contribution in [3.63, 3.8) is 0 Å². The van der Waals surface area contributed by atoms with Crippen LogP contribution in [0.15, 0.2) is 24.3 Å². The first kappa shape index (κ1) is 27.2. The summed E-state index contributed by atoms with van der Waals surface area (Å²) in [5.41, 5.74) is 5.75. The number of carbonyl (C=O) groups excluding carboxylic acids is 1. The fourth-order valence-corrected chi connectivity index (χ4v) is 2.53. The van der Waals surface area contributed by atoms with Crippen molar-refractivity contribution in [2.24, 2.45) is 5.73 Å². The molecule has 4 nitrogen and oxygen atoms in total. The summed E-state index contributed by atoms with van der Waals surface area (Å²) < 4.78 is 38.1. The van der Waals surface area contributed by atoms with E-state index in [9.17, 15) is 18.0 Å². The maximum absolute atomic E-state index is 12.7. The van der Waals surface area contributed by atoms with Crippen LogP contribution in [0.3, 0.4) is 0 Å². The molecule has 0 aliphatic carbocycles. The van der Waals surface area contributed by atoms with Crippen LogP contribution in [0.4, 0.5) is 13.2 Å². The van der Waals surface area contributed by atoms with Gasteiger partial charge < -0.3 is 11.1 Å². The Kier molecular flexibility index (Phi) is 13.0. The first-order chi connectivity index (χ1) is 11.2. The van der Waals surface area contributed by atoms with Gasteiger partial charge in [0.15, 0.2) is 0 Å². The number of alkyl halides is 3. The normalized spacial score (nSPS) is 13.4. The van der Waals surface area contributed by atoms with Crippen molar-refractivity contribution < 1.29 is 18.0 Å². The number of nitrogens with one attached hydrogen (secondary N) is 1. The van der Waals surface area contributed by atoms with E-state index in [0.717, 1.165) is 30.8 Å². The molecular formula is C17H28Cl2F3N3O. The third-order valence-corrected chi connectivity index (χ3v) is 4.12. The molecule has 0 aliphatic heterocycles. The average Bonchev–Trinajstić information content (AvgIpc) is 2.56. The minimum absolute atomic E-state index is 0. The number of nitrogens with zero attached hydrogens (tertiary/aromatic N) is 1. The Labute approximate surface area is 165 Å². The van der Waals surface area contributed by atoms with E-state index in [1.807, 2.05) is 20.8 Å². The van der Waals surface area contributed by atoms with Crippen molar-refractivity contribution in [3.05, 3.63) is 35.4 Å². The van der Waals surface area contributed by atoms with Crippen molar-refractivity contribution in [1.29, 1.82) is 0 Å².